The zero-order valence-corrected chi connectivity index (χ0v) is 11.8. The summed E-state index contributed by atoms with van der Waals surface area (Å²) in [5.74, 6) is 0.202. The van der Waals surface area contributed by atoms with Crippen molar-refractivity contribution in [1.82, 2.24) is 10.2 Å². The highest BCUT2D eigenvalue weighted by Crippen LogP contribution is 2.02. The van der Waals surface area contributed by atoms with Crippen LogP contribution >= 0.6 is 0 Å². The van der Waals surface area contributed by atoms with Crippen molar-refractivity contribution >= 4 is 9.84 Å². The quantitative estimate of drug-likeness (QED) is 0.669. The van der Waals surface area contributed by atoms with Gasteiger partial charge in [-0.1, -0.05) is 0 Å². The van der Waals surface area contributed by atoms with Crippen LogP contribution in [0.1, 0.15) is 13.8 Å². The first-order valence-electron chi connectivity index (χ1n) is 6.14. The molecule has 0 bridgehead atoms. The number of hydrogen-bond acceptors (Lipinski definition) is 5. The molecule has 0 aromatic rings. The van der Waals surface area contributed by atoms with E-state index >= 15 is 0 Å². The summed E-state index contributed by atoms with van der Waals surface area (Å²) in [4.78, 5) is 2.22. The molecule has 0 aliphatic carbocycles. The van der Waals surface area contributed by atoms with Crippen LogP contribution in [0.4, 0.5) is 0 Å². The van der Waals surface area contributed by atoms with Crippen LogP contribution in [0.25, 0.3) is 0 Å². The molecular weight excluding hydrogens is 240 g/mol. The Morgan fingerprint density at radius 2 is 2.18 bits per heavy atom. The molecule has 0 aromatic carbocycles. The summed E-state index contributed by atoms with van der Waals surface area (Å²) in [6, 6.07) is 0. The van der Waals surface area contributed by atoms with Gasteiger partial charge in [-0.15, -0.1) is 0 Å². The topological polar surface area (TPSA) is 58.6 Å². The van der Waals surface area contributed by atoms with Gasteiger partial charge in [-0.05, 0) is 20.9 Å². The Balaban J connectivity index is 2.16. The van der Waals surface area contributed by atoms with E-state index in [1.807, 2.05) is 0 Å². The Kier molecular flexibility index (Phi) is 5.85. The van der Waals surface area contributed by atoms with Crippen molar-refractivity contribution in [3.63, 3.8) is 0 Å². The fraction of sp³-hybridized carbons (Fsp3) is 1.00. The van der Waals surface area contributed by atoms with E-state index in [2.05, 4.69) is 17.3 Å². The van der Waals surface area contributed by atoms with Gasteiger partial charge in [0.05, 0.1) is 23.7 Å². The molecule has 1 atom stereocenters. The molecule has 0 amide bonds. The van der Waals surface area contributed by atoms with E-state index in [-0.39, 0.29) is 17.1 Å². The van der Waals surface area contributed by atoms with E-state index in [1.54, 1.807) is 13.8 Å². The number of hydrogen-bond donors (Lipinski definition) is 1. The van der Waals surface area contributed by atoms with Crippen LogP contribution in [0.3, 0.4) is 0 Å². The third-order valence-corrected chi connectivity index (χ3v) is 5.21. The van der Waals surface area contributed by atoms with Crippen molar-refractivity contribution in [1.29, 1.82) is 0 Å². The van der Waals surface area contributed by atoms with Crippen molar-refractivity contribution in [2.75, 3.05) is 45.6 Å². The minimum absolute atomic E-state index is 0.176. The monoisotopic (exact) mass is 264 g/mol. The van der Waals surface area contributed by atoms with Gasteiger partial charge in [-0.25, -0.2) is 8.42 Å². The van der Waals surface area contributed by atoms with E-state index in [1.165, 1.54) is 0 Å². The molecule has 1 unspecified atom stereocenters. The Labute approximate surface area is 104 Å². The first-order valence-corrected chi connectivity index (χ1v) is 7.86. The zero-order valence-electron chi connectivity index (χ0n) is 11.0. The highest BCUT2D eigenvalue weighted by Gasteiger charge is 2.18. The Morgan fingerprint density at radius 1 is 1.47 bits per heavy atom. The lowest BCUT2D eigenvalue weighted by atomic mass is 10.3. The molecule has 0 aromatic heterocycles. The number of likely N-dealkylation sites (N-methyl/N-ethyl adjacent to an activating group) is 1. The smallest absolute Gasteiger partial charge is 0.153 e. The maximum absolute atomic E-state index is 11.6. The predicted molar refractivity (Wildman–Crippen MR) is 69.0 cm³/mol. The number of nitrogens with zero attached hydrogens (tertiary/aromatic N) is 1. The molecule has 0 spiro atoms. The van der Waals surface area contributed by atoms with Crippen molar-refractivity contribution in [2.24, 2.45) is 0 Å². The molecular formula is C11H24N2O3S. The maximum atomic E-state index is 11.6. The van der Waals surface area contributed by atoms with Gasteiger partial charge in [0, 0.05) is 26.2 Å². The third-order valence-electron chi connectivity index (χ3n) is 3.00. The van der Waals surface area contributed by atoms with Crippen molar-refractivity contribution < 1.29 is 13.2 Å². The van der Waals surface area contributed by atoms with Crippen molar-refractivity contribution in [3.05, 3.63) is 0 Å². The molecule has 1 heterocycles. The van der Waals surface area contributed by atoms with Gasteiger partial charge >= 0.3 is 0 Å². The summed E-state index contributed by atoms with van der Waals surface area (Å²) < 4.78 is 28.7. The SMILES string of the molecule is CC(C)S(=O)(=O)CCNCC1CN(C)CCO1. The number of ether oxygens (including phenoxy) is 1. The van der Waals surface area contributed by atoms with Gasteiger partial charge in [0.25, 0.3) is 0 Å². The molecule has 0 saturated carbocycles. The maximum Gasteiger partial charge on any atom is 0.153 e. The highest BCUT2D eigenvalue weighted by atomic mass is 32.2. The summed E-state index contributed by atoms with van der Waals surface area (Å²) in [5.41, 5.74) is 0. The van der Waals surface area contributed by atoms with E-state index in [0.29, 0.717) is 6.54 Å². The highest BCUT2D eigenvalue weighted by molar-refractivity contribution is 7.92. The average Bonchev–Trinajstić information content (AvgIpc) is 2.24. The summed E-state index contributed by atoms with van der Waals surface area (Å²) in [6.45, 7) is 7.29. The molecule has 1 aliphatic heterocycles. The molecule has 102 valence electrons. The van der Waals surface area contributed by atoms with E-state index in [4.69, 9.17) is 4.74 Å². The molecule has 5 nitrogen and oxygen atoms in total. The van der Waals surface area contributed by atoms with Crippen molar-refractivity contribution in [2.45, 2.75) is 25.2 Å². The number of morpholine rings is 1. The zero-order chi connectivity index (χ0) is 12.9. The Hall–Kier alpha value is -0.170. The van der Waals surface area contributed by atoms with Crippen LogP contribution in [0, 0.1) is 0 Å². The van der Waals surface area contributed by atoms with Gasteiger partial charge in [0.15, 0.2) is 9.84 Å². The second kappa shape index (κ2) is 6.68. The second-order valence-corrected chi connectivity index (χ2v) is 7.55. The van der Waals surface area contributed by atoms with E-state index < -0.39 is 9.84 Å². The van der Waals surface area contributed by atoms with Crippen molar-refractivity contribution in [3.8, 4) is 0 Å². The molecule has 1 N–H and O–H groups in total. The molecule has 1 rings (SSSR count). The molecule has 1 saturated heterocycles. The standard InChI is InChI=1S/C11H24N2O3S/c1-10(2)17(14,15)7-4-12-8-11-9-13(3)5-6-16-11/h10-12H,4-9H2,1-3H3. The predicted octanol–water partition coefficient (Wildman–Crippen LogP) is -0.270. The number of rotatable bonds is 6. The summed E-state index contributed by atoms with van der Waals surface area (Å²) in [7, 11) is -0.857. The first-order chi connectivity index (χ1) is 7.92. The van der Waals surface area contributed by atoms with Crippen LogP contribution in [0.15, 0.2) is 0 Å². The lowest BCUT2D eigenvalue weighted by Gasteiger charge is -2.30. The van der Waals surface area contributed by atoms with Crippen LogP contribution in [0.5, 0.6) is 0 Å². The van der Waals surface area contributed by atoms with Crippen LogP contribution in [0.2, 0.25) is 0 Å². The summed E-state index contributed by atoms with van der Waals surface area (Å²) in [6.07, 6.45) is 0.176. The van der Waals surface area contributed by atoms with Crippen LogP contribution in [-0.2, 0) is 14.6 Å². The fourth-order valence-corrected chi connectivity index (χ4v) is 2.60. The summed E-state index contributed by atoms with van der Waals surface area (Å²) >= 11 is 0. The Bertz CT molecular complexity index is 317. The van der Waals surface area contributed by atoms with Gasteiger partial charge < -0.3 is 15.0 Å². The normalized spacial score (nSPS) is 23.2. The minimum Gasteiger partial charge on any atom is -0.374 e. The molecule has 1 fully saturated rings. The lowest BCUT2D eigenvalue weighted by Crippen LogP contribution is -2.45. The number of sulfone groups is 1. The molecule has 0 radical (unpaired) electrons. The molecule has 17 heavy (non-hydrogen) atoms. The largest absolute Gasteiger partial charge is 0.374 e. The van der Waals surface area contributed by atoms with Gasteiger partial charge in [0.2, 0.25) is 0 Å². The number of nitrogens with one attached hydrogen (secondary N) is 1. The van der Waals surface area contributed by atoms with Crippen LogP contribution in [-0.4, -0.2) is 70.3 Å². The first kappa shape index (κ1) is 14.9. The lowest BCUT2D eigenvalue weighted by molar-refractivity contribution is -0.0178. The fourth-order valence-electron chi connectivity index (χ4n) is 1.70. The summed E-state index contributed by atoms with van der Waals surface area (Å²) in [5, 5.41) is 2.87. The Morgan fingerprint density at radius 3 is 2.76 bits per heavy atom. The third kappa shape index (κ3) is 5.33. The minimum atomic E-state index is -2.93. The van der Waals surface area contributed by atoms with Gasteiger partial charge in [0.1, 0.15) is 0 Å². The van der Waals surface area contributed by atoms with E-state index in [0.717, 1.165) is 26.2 Å². The second-order valence-electron chi connectivity index (χ2n) is 4.87. The molecule has 6 heteroatoms. The average molecular weight is 264 g/mol. The molecule has 1 aliphatic rings. The van der Waals surface area contributed by atoms with Gasteiger partial charge in [-0.3, -0.25) is 0 Å². The van der Waals surface area contributed by atoms with Gasteiger partial charge in [-0.2, -0.15) is 0 Å². The van der Waals surface area contributed by atoms with Crippen LogP contribution < -0.4 is 5.32 Å². The van der Waals surface area contributed by atoms with E-state index in [9.17, 15) is 8.42 Å².